The maximum atomic E-state index is 6.00. The predicted molar refractivity (Wildman–Crippen MR) is 132 cm³/mol. The van der Waals surface area contributed by atoms with Gasteiger partial charge >= 0.3 is 0 Å². The summed E-state index contributed by atoms with van der Waals surface area (Å²) in [5.41, 5.74) is 7.28. The number of likely N-dealkylation sites (N-methyl/N-ethyl adjacent to an activating group) is 1. The summed E-state index contributed by atoms with van der Waals surface area (Å²) >= 11 is 3.56. The number of hydrogen-bond acceptors (Lipinski definition) is 1. The van der Waals surface area contributed by atoms with Gasteiger partial charge in [0.25, 0.3) is 0 Å². The van der Waals surface area contributed by atoms with Crippen LogP contribution in [0.25, 0.3) is 11.1 Å². The highest BCUT2D eigenvalue weighted by Gasteiger charge is 2.14. The molecule has 0 aliphatic carbocycles. The Balaban J connectivity index is 1.93. The smallest absolute Gasteiger partial charge is 0.137 e. The first-order valence-electron chi connectivity index (χ1n) is 10.5. The largest absolute Gasteiger partial charge is 0.488 e. The zero-order valence-corrected chi connectivity index (χ0v) is 19.7. The molecule has 3 aromatic carbocycles. The lowest BCUT2D eigenvalue weighted by Crippen LogP contribution is -2.41. The van der Waals surface area contributed by atoms with Crippen LogP contribution in [0.15, 0.2) is 84.9 Å². The highest BCUT2D eigenvalue weighted by atomic mass is 79.9. The summed E-state index contributed by atoms with van der Waals surface area (Å²) in [7, 11) is 4.38. The zero-order chi connectivity index (χ0) is 21.4. The molecule has 0 N–H and O–H groups in total. The molecule has 30 heavy (non-hydrogen) atoms. The number of halogens is 1. The number of benzene rings is 3. The summed E-state index contributed by atoms with van der Waals surface area (Å²) in [6.07, 6.45) is 0.964. The van der Waals surface area contributed by atoms with E-state index in [1.807, 2.05) is 0 Å². The van der Waals surface area contributed by atoms with Crippen molar-refractivity contribution < 1.29 is 9.22 Å². The van der Waals surface area contributed by atoms with Gasteiger partial charge in [0.2, 0.25) is 0 Å². The molecule has 0 amide bonds. The summed E-state index contributed by atoms with van der Waals surface area (Å²) in [4.78, 5) is 0. The first kappa shape index (κ1) is 22.3. The van der Waals surface area contributed by atoms with Crippen molar-refractivity contribution in [1.82, 2.24) is 0 Å². The molecule has 0 bridgehead atoms. The average molecular weight is 465 g/mol. The monoisotopic (exact) mass is 464 g/mol. The molecular formula is C27H31BrNO+. The van der Waals surface area contributed by atoms with E-state index in [2.05, 4.69) is 122 Å². The molecule has 0 saturated heterocycles. The van der Waals surface area contributed by atoms with E-state index >= 15 is 0 Å². The van der Waals surface area contributed by atoms with E-state index in [4.69, 9.17) is 4.74 Å². The third-order valence-electron chi connectivity index (χ3n) is 5.27. The van der Waals surface area contributed by atoms with Gasteiger partial charge in [-0.3, -0.25) is 0 Å². The van der Waals surface area contributed by atoms with Gasteiger partial charge in [-0.05, 0) is 62.3 Å². The van der Waals surface area contributed by atoms with E-state index < -0.39 is 0 Å². The molecule has 156 valence electrons. The highest BCUT2D eigenvalue weighted by molar-refractivity contribution is 9.09. The third kappa shape index (κ3) is 5.84. The predicted octanol–water partition coefficient (Wildman–Crippen LogP) is 6.86. The molecule has 0 fully saturated rings. The lowest BCUT2D eigenvalue weighted by molar-refractivity contribution is -0.876. The van der Waals surface area contributed by atoms with Gasteiger partial charge in [0.1, 0.15) is 24.4 Å². The van der Waals surface area contributed by atoms with Gasteiger partial charge in [-0.25, -0.2) is 0 Å². The molecule has 0 spiro atoms. The van der Waals surface area contributed by atoms with Crippen molar-refractivity contribution in [2.24, 2.45) is 0 Å². The van der Waals surface area contributed by atoms with Crippen LogP contribution in [0.3, 0.4) is 0 Å². The lowest BCUT2D eigenvalue weighted by Gasteiger charge is -2.26. The van der Waals surface area contributed by atoms with Crippen LogP contribution < -0.4 is 4.74 Å². The molecule has 0 radical (unpaired) electrons. The van der Waals surface area contributed by atoms with Crippen LogP contribution >= 0.6 is 15.9 Å². The molecule has 0 aromatic heterocycles. The van der Waals surface area contributed by atoms with Gasteiger partial charge < -0.3 is 9.22 Å². The lowest BCUT2D eigenvalue weighted by atomic mass is 9.88. The second-order valence-corrected chi connectivity index (χ2v) is 8.59. The number of ether oxygens (including phenoxy) is 1. The van der Waals surface area contributed by atoms with Crippen molar-refractivity contribution in [2.75, 3.05) is 32.7 Å². The van der Waals surface area contributed by atoms with Crippen LogP contribution in [0.2, 0.25) is 0 Å². The maximum absolute atomic E-state index is 6.00. The van der Waals surface area contributed by atoms with E-state index in [1.54, 1.807) is 0 Å². The molecule has 0 unspecified atom stereocenters. The van der Waals surface area contributed by atoms with Crippen molar-refractivity contribution in [3.8, 4) is 5.75 Å². The van der Waals surface area contributed by atoms with Crippen LogP contribution in [0.4, 0.5) is 0 Å². The van der Waals surface area contributed by atoms with E-state index in [1.165, 1.54) is 27.8 Å². The van der Waals surface area contributed by atoms with Gasteiger partial charge in [-0.1, -0.05) is 79.7 Å². The number of alkyl halides is 1. The fraction of sp³-hybridized carbons (Fsp3) is 0.259. The second-order valence-electron chi connectivity index (χ2n) is 8.09. The zero-order valence-electron chi connectivity index (χ0n) is 18.1. The van der Waals surface area contributed by atoms with Crippen LogP contribution in [-0.2, 0) is 0 Å². The topological polar surface area (TPSA) is 9.23 Å². The maximum Gasteiger partial charge on any atom is 0.137 e. The summed E-state index contributed by atoms with van der Waals surface area (Å²) in [6.45, 7) is 3.88. The van der Waals surface area contributed by atoms with E-state index in [-0.39, 0.29) is 0 Å². The number of nitrogens with zero attached hydrogens (tertiary/aromatic N) is 1. The van der Waals surface area contributed by atoms with Gasteiger partial charge in [0.05, 0.1) is 14.1 Å². The Labute approximate surface area is 189 Å². The van der Waals surface area contributed by atoms with Crippen LogP contribution in [0.5, 0.6) is 5.75 Å². The minimum Gasteiger partial charge on any atom is -0.488 e. The Hall–Kier alpha value is -2.36. The number of quaternary nitrogens is 1. The van der Waals surface area contributed by atoms with Crippen molar-refractivity contribution in [1.29, 1.82) is 0 Å². The van der Waals surface area contributed by atoms with E-state index in [0.29, 0.717) is 6.61 Å². The van der Waals surface area contributed by atoms with Gasteiger partial charge in [0.15, 0.2) is 0 Å². The number of hydrogen-bond donors (Lipinski definition) is 0. The van der Waals surface area contributed by atoms with Crippen LogP contribution in [-0.4, -0.2) is 37.2 Å². The van der Waals surface area contributed by atoms with Crippen LogP contribution in [0, 0.1) is 0 Å². The van der Waals surface area contributed by atoms with Gasteiger partial charge in [-0.2, -0.15) is 0 Å². The molecule has 3 rings (SSSR count). The molecule has 2 nitrogen and oxygen atoms in total. The summed E-state index contributed by atoms with van der Waals surface area (Å²) in [6, 6.07) is 29.9. The molecular weight excluding hydrogens is 434 g/mol. The van der Waals surface area contributed by atoms with E-state index in [0.717, 1.165) is 28.7 Å². The highest BCUT2D eigenvalue weighted by Crippen LogP contribution is 2.34. The quantitative estimate of drug-likeness (QED) is 0.145. The fourth-order valence-electron chi connectivity index (χ4n) is 3.47. The standard InChI is InChI=1S/C27H31BrNO/c1-4-26(22-11-7-5-8-12-22)27(23-13-9-6-10-14-23)24-15-17-25(18-16-24)30-20-19-29(2,3)21-28/h5-18H,4,19-21H2,1-3H3/q+1. The Morgan fingerprint density at radius 2 is 1.30 bits per heavy atom. The third-order valence-corrected chi connectivity index (χ3v) is 6.63. The van der Waals surface area contributed by atoms with E-state index in [9.17, 15) is 0 Å². The van der Waals surface area contributed by atoms with Crippen molar-refractivity contribution in [3.05, 3.63) is 102 Å². The minimum atomic E-state index is 0.698. The Morgan fingerprint density at radius 1 is 0.767 bits per heavy atom. The molecule has 3 heteroatoms. The fourth-order valence-corrected chi connectivity index (χ4v) is 3.72. The SMILES string of the molecule is CCC(=C(c1ccccc1)c1ccc(OCC[N+](C)(C)CBr)cc1)c1ccccc1. The molecule has 0 aliphatic rings. The van der Waals surface area contributed by atoms with Gasteiger partial charge in [0, 0.05) is 0 Å². The molecule has 0 heterocycles. The number of allylic oxidation sites excluding steroid dienone is 1. The normalized spacial score (nSPS) is 12.4. The first-order chi connectivity index (χ1) is 14.5. The number of rotatable bonds is 9. The van der Waals surface area contributed by atoms with Crippen LogP contribution in [0.1, 0.15) is 30.0 Å². The minimum absolute atomic E-state index is 0.698. The Morgan fingerprint density at radius 3 is 1.83 bits per heavy atom. The first-order valence-corrected chi connectivity index (χ1v) is 11.6. The average Bonchev–Trinajstić information content (AvgIpc) is 2.79. The van der Waals surface area contributed by atoms with Crippen molar-refractivity contribution in [2.45, 2.75) is 13.3 Å². The second kappa shape index (κ2) is 10.6. The van der Waals surface area contributed by atoms with Crippen molar-refractivity contribution >= 4 is 27.1 Å². The Kier molecular flexibility index (Phi) is 7.89. The summed E-state index contributed by atoms with van der Waals surface area (Å²) < 4.78 is 6.89. The molecule has 3 aromatic rings. The molecule has 0 atom stereocenters. The summed E-state index contributed by atoms with van der Waals surface area (Å²) in [5.74, 6) is 0.915. The van der Waals surface area contributed by atoms with Crippen molar-refractivity contribution in [3.63, 3.8) is 0 Å². The molecule has 0 saturated carbocycles. The summed E-state index contributed by atoms with van der Waals surface area (Å²) in [5, 5.41) is 0. The molecule has 0 aliphatic heterocycles. The Bertz CT molecular complexity index is 947. The van der Waals surface area contributed by atoms with Gasteiger partial charge in [-0.15, -0.1) is 0 Å².